The topological polar surface area (TPSA) is 55.5 Å². The molecule has 0 radical (unpaired) electrons. The van der Waals surface area contributed by atoms with Crippen molar-refractivity contribution in [2.75, 3.05) is 19.8 Å². The maximum atomic E-state index is 8.68. The standard InChI is InChI=1S/C12H19NO2/c13-7-9-15-12-6-3-5-11(10-12)4-1-2-8-14/h3,5-6,10,14H,1-2,4,7-9,13H2. The summed E-state index contributed by atoms with van der Waals surface area (Å²) in [6, 6.07) is 8.03. The maximum Gasteiger partial charge on any atom is 0.119 e. The highest BCUT2D eigenvalue weighted by Gasteiger charge is 1.96. The Hall–Kier alpha value is -1.06. The van der Waals surface area contributed by atoms with Gasteiger partial charge in [-0.05, 0) is 37.0 Å². The van der Waals surface area contributed by atoms with Gasteiger partial charge in [0.2, 0.25) is 0 Å². The third kappa shape index (κ3) is 4.81. The van der Waals surface area contributed by atoms with E-state index in [1.165, 1.54) is 5.56 Å². The molecule has 15 heavy (non-hydrogen) atoms. The molecule has 0 saturated heterocycles. The Kier molecular flexibility index (Phi) is 5.81. The lowest BCUT2D eigenvalue weighted by Gasteiger charge is -2.06. The SMILES string of the molecule is NCCOc1cccc(CCCCO)c1. The molecule has 0 saturated carbocycles. The van der Waals surface area contributed by atoms with Gasteiger partial charge in [0, 0.05) is 13.2 Å². The molecule has 0 aliphatic rings. The molecule has 0 aliphatic heterocycles. The van der Waals surface area contributed by atoms with Gasteiger partial charge in [0.1, 0.15) is 12.4 Å². The molecule has 84 valence electrons. The Balaban J connectivity index is 2.42. The first kappa shape index (κ1) is 12.0. The van der Waals surface area contributed by atoms with Gasteiger partial charge < -0.3 is 15.6 Å². The third-order valence-corrected chi connectivity index (χ3v) is 2.16. The van der Waals surface area contributed by atoms with Gasteiger partial charge in [-0.2, -0.15) is 0 Å². The molecule has 3 nitrogen and oxygen atoms in total. The number of nitrogens with two attached hydrogens (primary N) is 1. The summed E-state index contributed by atoms with van der Waals surface area (Å²) in [7, 11) is 0. The van der Waals surface area contributed by atoms with Gasteiger partial charge in [0.15, 0.2) is 0 Å². The molecule has 0 spiro atoms. The van der Waals surface area contributed by atoms with Crippen molar-refractivity contribution in [3.05, 3.63) is 29.8 Å². The number of hydrogen-bond donors (Lipinski definition) is 2. The Morgan fingerprint density at radius 1 is 1.27 bits per heavy atom. The van der Waals surface area contributed by atoms with Crippen molar-refractivity contribution in [1.29, 1.82) is 0 Å². The molecule has 1 rings (SSSR count). The predicted octanol–water partition coefficient (Wildman–Crippen LogP) is 1.34. The second-order valence-corrected chi connectivity index (χ2v) is 3.47. The average molecular weight is 209 g/mol. The fraction of sp³-hybridized carbons (Fsp3) is 0.500. The maximum absolute atomic E-state index is 8.68. The lowest BCUT2D eigenvalue weighted by Crippen LogP contribution is -2.10. The van der Waals surface area contributed by atoms with Crippen LogP contribution in [0.15, 0.2) is 24.3 Å². The van der Waals surface area contributed by atoms with E-state index in [4.69, 9.17) is 15.6 Å². The minimum atomic E-state index is 0.267. The fourth-order valence-corrected chi connectivity index (χ4v) is 1.41. The van der Waals surface area contributed by atoms with Crippen LogP contribution >= 0.6 is 0 Å². The molecule has 0 aromatic heterocycles. The normalized spacial score (nSPS) is 10.3. The number of rotatable bonds is 7. The van der Waals surface area contributed by atoms with Crippen LogP contribution in [-0.2, 0) is 6.42 Å². The van der Waals surface area contributed by atoms with Gasteiger partial charge in [0.05, 0.1) is 0 Å². The summed E-state index contributed by atoms with van der Waals surface area (Å²) in [6.45, 7) is 1.36. The molecule has 0 heterocycles. The predicted molar refractivity (Wildman–Crippen MR) is 61.0 cm³/mol. The number of unbranched alkanes of at least 4 members (excludes halogenated alkanes) is 1. The Bertz CT molecular complexity index is 276. The van der Waals surface area contributed by atoms with Crippen molar-refractivity contribution in [3.63, 3.8) is 0 Å². The summed E-state index contributed by atoms with van der Waals surface area (Å²) >= 11 is 0. The minimum Gasteiger partial charge on any atom is -0.492 e. The number of aliphatic hydroxyl groups excluding tert-OH is 1. The number of ether oxygens (including phenoxy) is 1. The van der Waals surface area contributed by atoms with Gasteiger partial charge in [0.25, 0.3) is 0 Å². The lowest BCUT2D eigenvalue weighted by molar-refractivity contribution is 0.284. The van der Waals surface area contributed by atoms with E-state index >= 15 is 0 Å². The first-order valence-electron chi connectivity index (χ1n) is 5.39. The molecule has 0 fully saturated rings. The van der Waals surface area contributed by atoms with Crippen LogP contribution in [0.2, 0.25) is 0 Å². The van der Waals surface area contributed by atoms with Crippen molar-refractivity contribution >= 4 is 0 Å². The number of aliphatic hydroxyl groups is 1. The molecule has 1 aromatic rings. The smallest absolute Gasteiger partial charge is 0.119 e. The first-order chi connectivity index (χ1) is 7.36. The van der Waals surface area contributed by atoms with Gasteiger partial charge in [-0.1, -0.05) is 12.1 Å². The van der Waals surface area contributed by atoms with E-state index in [1.807, 2.05) is 18.2 Å². The monoisotopic (exact) mass is 209 g/mol. The van der Waals surface area contributed by atoms with E-state index < -0.39 is 0 Å². The van der Waals surface area contributed by atoms with Gasteiger partial charge in [-0.3, -0.25) is 0 Å². The molecule has 0 unspecified atom stereocenters. The van der Waals surface area contributed by atoms with E-state index in [0.717, 1.165) is 25.0 Å². The second kappa shape index (κ2) is 7.26. The van der Waals surface area contributed by atoms with Crippen molar-refractivity contribution in [3.8, 4) is 5.75 Å². The van der Waals surface area contributed by atoms with Crippen LogP contribution in [0.5, 0.6) is 5.75 Å². The highest BCUT2D eigenvalue weighted by molar-refractivity contribution is 5.28. The summed E-state index contributed by atoms with van der Waals surface area (Å²) in [4.78, 5) is 0. The molecule has 3 heteroatoms. The molecular weight excluding hydrogens is 190 g/mol. The van der Waals surface area contributed by atoms with Gasteiger partial charge in [-0.15, -0.1) is 0 Å². The minimum absolute atomic E-state index is 0.267. The van der Waals surface area contributed by atoms with Crippen molar-refractivity contribution in [2.45, 2.75) is 19.3 Å². The number of aryl methyl sites for hydroxylation is 1. The van der Waals surface area contributed by atoms with Crippen LogP contribution in [-0.4, -0.2) is 24.9 Å². The Morgan fingerprint density at radius 3 is 2.87 bits per heavy atom. The van der Waals surface area contributed by atoms with E-state index in [0.29, 0.717) is 13.2 Å². The zero-order valence-corrected chi connectivity index (χ0v) is 8.98. The molecule has 0 atom stereocenters. The molecular formula is C12H19NO2. The number of hydrogen-bond acceptors (Lipinski definition) is 3. The Labute approximate surface area is 90.9 Å². The van der Waals surface area contributed by atoms with Crippen LogP contribution in [0.25, 0.3) is 0 Å². The van der Waals surface area contributed by atoms with E-state index in [2.05, 4.69) is 6.07 Å². The van der Waals surface area contributed by atoms with E-state index in [1.54, 1.807) is 0 Å². The van der Waals surface area contributed by atoms with Crippen LogP contribution in [0.1, 0.15) is 18.4 Å². The molecule has 0 amide bonds. The summed E-state index contributed by atoms with van der Waals surface area (Å²) < 4.78 is 5.43. The van der Waals surface area contributed by atoms with Crippen LogP contribution in [0, 0.1) is 0 Å². The summed E-state index contributed by atoms with van der Waals surface area (Å²) in [6.07, 6.45) is 2.85. The quantitative estimate of drug-likeness (QED) is 0.666. The zero-order chi connectivity index (χ0) is 10.9. The van der Waals surface area contributed by atoms with Crippen molar-refractivity contribution in [2.24, 2.45) is 5.73 Å². The lowest BCUT2D eigenvalue weighted by atomic mass is 10.1. The van der Waals surface area contributed by atoms with E-state index in [9.17, 15) is 0 Å². The molecule has 0 bridgehead atoms. The summed E-state index contributed by atoms with van der Waals surface area (Å²) in [5.41, 5.74) is 6.61. The molecule has 0 aliphatic carbocycles. The van der Waals surface area contributed by atoms with Crippen LogP contribution < -0.4 is 10.5 Å². The highest BCUT2D eigenvalue weighted by Crippen LogP contribution is 2.14. The summed E-state index contributed by atoms with van der Waals surface area (Å²) in [5, 5.41) is 8.68. The zero-order valence-electron chi connectivity index (χ0n) is 8.98. The highest BCUT2D eigenvalue weighted by atomic mass is 16.5. The fourth-order valence-electron chi connectivity index (χ4n) is 1.41. The molecule has 3 N–H and O–H groups in total. The molecule has 1 aromatic carbocycles. The summed E-state index contributed by atoms with van der Waals surface area (Å²) in [5.74, 6) is 0.877. The third-order valence-electron chi connectivity index (χ3n) is 2.16. The largest absolute Gasteiger partial charge is 0.492 e. The Morgan fingerprint density at radius 2 is 2.13 bits per heavy atom. The van der Waals surface area contributed by atoms with Gasteiger partial charge in [-0.25, -0.2) is 0 Å². The van der Waals surface area contributed by atoms with Crippen molar-refractivity contribution < 1.29 is 9.84 Å². The van der Waals surface area contributed by atoms with Crippen molar-refractivity contribution in [1.82, 2.24) is 0 Å². The number of benzene rings is 1. The average Bonchev–Trinajstić information content (AvgIpc) is 2.27. The van der Waals surface area contributed by atoms with Crippen LogP contribution in [0.4, 0.5) is 0 Å². The van der Waals surface area contributed by atoms with E-state index in [-0.39, 0.29) is 6.61 Å². The van der Waals surface area contributed by atoms with Gasteiger partial charge >= 0.3 is 0 Å². The second-order valence-electron chi connectivity index (χ2n) is 3.47. The first-order valence-corrected chi connectivity index (χ1v) is 5.39. The van der Waals surface area contributed by atoms with Crippen LogP contribution in [0.3, 0.4) is 0 Å².